The largest absolute Gasteiger partial charge is 0.410 e. The van der Waals surface area contributed by atoms with Crippen LogP contribution in [0.3, 0.4) is 0 Å². The Balaban J connectivity index is 1.41. The topological polar surface area (TPSA) is 50.2 Å². The minimum atomic E-state index is -4.34. The zero-order valence-electron chi connectivity index (χ0n) is 17.2. The number of hydrogen-bond donors (Lipinski definition) is 1. The molecule has 1 fully saturated rings. The fourth-order valence-corrected chi connectivity index (χ4v) is 4.71. The van der Waals surface area contributed by atoms with Crippen molar-refractivity contribution in [1.82, 2.24) is 14.7 Å². The summed E-state index contributed by atoms with van der Waals surface area (Å²) in [6.07, 6.45) is -2.97. The van der Waals surface area contributed by atoms with Crippen molar-refractivity contribution in [2.45, 2.75) is 57.3 Å². The van der Waals surface area contributed by atoms with E-state index in [1.165, 1.54) is 0 Å². The second kappa shape index (κ2) is 7.96. The van der Waals surface area contributed by atoms with Gasteiger partial charge in [0, 0.05) is 25.2 Å². The smallest absolute Gasteiger partial charge is 0.367 e. The van der Waals surface area contributed by atoms with Crippen molar-refractivity contribution < 1.29 is 18.0 Å². The summed E-state index contributed by atoms with van der Waals surface area (Å²) in [5.74, 6) is 0.387. The molecular formula is C22H27F3N4O. The summed E-state index contributed by atoms with van der Waals surface area (Å²) >= 11 is 0. The zero-order valence-corrected chi connectivity index (χ0v) is 17.2. The SMILES string of the molecule is Cc1cc2n(n1)[C@@H](C(F)(F)F)C[C@@H](C1CCN(C(=O)C(C)c3ccccc3)CC1)N2. The number of likely N-dealkylation sites (tertiary alicyclic amines) is 1. The predicted molar refractivity (Wildman–Crippen MR) is 108 cm³/mol. The quantitative estimate of drug-likeness (QED) is 0.794. The molecule has 8 heteroatoms. The van der Waals surface area contributed by atoms with Crippen molar-refractivity contribution in [2.75, 3.05) is 18.4 Å². The van der Waals surface area contributed by atoms with Gasteiger partial charge in [0.2, 0.25) is 5.91 Å². The van der Waals surface area contributed by atoms with E-state index in [1.807, 2.05) is 42.2 Å². The van der Waals surface area contributed by atoms with E-state index in [0.29, 0.717) is 37.4 Å². The number of rotatable bonds is 3. The molecule has 0 radical (unpaired) electrons. The van der Waals surface area contributed by atoms with E-state index in [9.17, 15) is 18.0 Å². The molecule has 4 rings (SSSR count). The van der Waals surface area contributed by atoms with Gasteiger partial charge in [0.1, 0.15) is 5.82 Å². The summed E-state index contributed by atoms with van der Waals surface area (Å²) < 4.78 is 42.0. The summed E-state index contributed by atoms with van der Waals surface area (Å²) in [5.41, 5.74) is 1.55. The number of anilines is 1. The first-order valence-corrected chi connectivity index (χ1v) is 10.5. The number of nitrogens with zero attached hydrogens (tertiary/aromatic N) is 3. The lowest BCUT2D eigenvalue weighted by Gasteiger charge is -2.41. The Labute approximate surface area is 174 Å². The number of aryl methyl sites for hydroxylation is 1. The fourth-order valence-electron chi connectivity index (χ4n) is 4.71. The molecule has 3 atom stereocenters. The molecule has 1 aromatic heterocycles. The molecule has 1 N–H and O–H groups in total. The van der Waals surface area contributed by atoms with E-state index >= 15 is 0 Å². The third-order valence-corrected chi connectivity index (χ3v) is 6.43. The number of hydrogen-bond acceptors (Lipinski definition) is 3. The van der Waals surface area contributed by atoms with Gasteiger partial charge in [0.05, 0.1) is 11.6 Å². The van der Waals surface area contributed by atoms with Gasteiger partial charge in [-0.3, -0.25) is 4.79 Å². The van der Waals surface area contributed by atoms with Crippen LogP contribution in [0.1, 0.15) is 49.4 Å². The first-order chi connectivity index (χ1) is 14.2. The maximum absolute atomic E-state index is 13.6. The number of aromatic nitrogens is 2. The van der Waals surface area contributed by atoms with Crippen LogP contribution in [0.5, 0.6) is 0 Å². The second-order valence-electron chi connectivity index (χ2n) is 8.45. The number of alkyl halides is 3. The molecule has 1 unspecified atom stereocenters. The van der Waals surface area contributed by atoms with E-state index in [0.717, 1.165) is 10.2 Å². The Morgan fingerprint density at radius 1 is 1.20 bits per heavy atom. The molecule has 1 aromatic carbocycles. The van der Waals surface area contributed by atoms with Crippen molar-refractivity contribution in [2.24, 2.45) is 5.92 Å². The number of carbonyl (C=O) groups is 1. The van der Waals surface area contributed by atoms with E-state index in [1.54, 1.807) is 13.0 Å². The first kappa shape index (κ1) is 20.8. The van der Waals surface area contributed by atoms with Crippen molar-refractivity contribution >= 4 is 11.7 Å². The Morgan fingerprint density at radius 3 is 2.50 bits per heavy atom. The van der Waals surface area contributed by atoms with Gasteiger partial charge in [0.25, 0.3) is 0 Å². The van der Waals surface area contributed by atoms with Gasteiger partial charge in [0.15, 0.2) is 6.04 Å². The van der Waals surface area contributed by atoms with Crippen LogP contribution >= 0.6 is 0 Å². The van der Waals surface area contributed by atoms with E-state index in [4.69, 9.17) is 0 Å². The molecule has 162 valence electrons. The van der Waals surface area contributed by atoms with Crippen LogP contribution in [-0.4, -0.2) is 45.9 Å². The van der Waals surface area contributed by atoms with Crippen LogP contribution in [0.2, 0.25) is 0 Å². The molecular weight excluding hydrogens is 393 g/mol. The van der Waals surface area contributed by atoms with Crippen LogP contribution in [-0.2, 0) is 4.79 Å². The molecule has 0 spiro atoms. The normalized spacial score (nSPS) is 23.6. The number of amides is 1. The van der Waals surface area contributed by atoms with Crippen molar-refractivity contribution in [3.8, 4) is 0 Å². The fraction of sp³-hybridized carbons (Fsp3) is 0.545. The molecule has 0 saturated carbocycles. The molecule has 5 nitrogen and oxygen atoms in total. The number of carbonyl (C=O) groups excluding carboxylic acids is 1. The van der Waals surface area contributed by atoms with Gasteiger partial charge >= 0.3 is 6.18 Å². The number of fused-ring (bicyclic) bond motifs is 1. The molecule has 0 aliphatic carbocycles. The average molecular weight is 420 g/mol. The highest BCUT2D eigenvalue weighted by molar-refractivity contribution is 5.83. The molecule has 1 saturated heterocycles. The number of piperidine rings is 1. The van der Waals surface area contributed by atoms with Crippen LogP contribution in [0.25, 0.3) is 0 Å². The first-order valence-electron chi connectivity index (χ1n) is 10.5. The van der Waals surface area contributed by atoms with Gasteiger partial charge in [-0.25, -0.2) is 4.68 Å². The Hall–Kier alpha value is -2.51. The highest BCUT2D eigenvalue weighted by Gasteiger charge is 2.47. The van der Waals surface area contributed by atoms with E-state index in [-0.39, 0.29) is 30.2 Å². The van der Waals surface area contributed by atoms with Crippen molar-refractivity contribution in [1.29, 1.82) is 0 Å². The molecule has 0 bridgehead atoms. The average Bonchev–Trinajstić information content (AvgIpc) is 3.12. The summed E-state index contributed by atoms with van der Waals surface area (Å²) in [4.78, 5) is 14.7. The van der Waals surface area contributed by atoms with Gasteiger partial charge < -0.3 is 10.2 Å². The number of nitrogens with one attached hydrogen (secondary N) is 1. The molecule has 3 heterocycles. The van der Waals surface area contributed by atoms with E-state index < -0.39 is 12.2 Å². The summed E-state index contributed by atoms with van der Waals surface area (Å²) in [6, 6.07) is 9.45. The highest BCUT2D eigenvalue weighted by Crippen LogP contribution is 2.42. The third kappa shape index (κ3) is 4.04. The Bertz CT molecular complexity index is 888. The molecule has 1 amide bonds. The minimum absolute atomic E-state index is 0.0311. The van der Waals surface area contributed by atoms with Crippen molar-refractivity contribution in [3.05, 3.63) is 47.7 Å². The monoisotopic (exact) mass is 420 g/mol. The lowest BCUT2D eigenvalue weighted by Crippen LogP contribution is -2.47. The highest BCUT2D eigenvalue weighted by atomic mass is 19.4. The Morgan fingerprint density at radius 2 is 1.87 bits per heavy atom. The van der Waals surface area contributed by atoms with Crippen LogP contribution in [0, 0.1) is 12.8 Å². The van der Waals surface area contributed by atoms with Crippen LogP contribution in [0.15, 0.2) is 36.4 Å². The number of halogens is 3. The summed E-state index contributed by atoms with van der Waals surface area (Å²) in [7, 11) is 0. The standard InChI is InChI=1S/C22H27F3N4O/c1-14-12-20-26-18(13-19(22(23,24)25)29(20)27-14)17-8-10-28(11-9-17)21(30)15(2)16-6-4-3-5-7-16/h3-7,12,15,17-19,26H,8-11,13H2,1-2H3/t15?,18-,19+/m0/s1. The molecule has 2 aliphatic rings. The van der Waals surface area contributed by atoms with Crippen LogP contribution < -0.4 is 5.32 Å². The third-order valence-electron chi connectivity index (χ3n) is 6.43. The minimum Gasteiger partial charge on any atom is -0.367 e. The summed E-state index contributed by atoms with van der Waals surface area (Å²) in [6.45, 7) is 4.76. The lowest BCUT2D eigenvalue weighted by molar-refractivity contribution is -0.174. The molecule has 2 aliphatic heterocycles. The van der Waals surface area contributed by atoms with Gasteiger partial charge in [-0.2, -0.15) is 18.3 Å². The van der Waals surface area contributed by atoms with E-state index in [2.05, 4.69) is 10.4 Å². The molecule has 2 aromatic rings. The zero-order chi connectivity index (χ0) is 21.5. The van der Waals surface area contributed by atoms with Gasteiger partial charge in [-0.15, -0.1) is 0 Å². The van der Waals surface area contributed by atoms with Crippen molar-refractivity contribution in [3.63, 3.8) is 0 Å². The Kier molecular flexibility index (Phi) is 5.51. The summed E-state index contributed by atoms with van der Waals surface area (Å²) in [5, 5.41) is 7.32. The maximum Gasteiger partial charge on any atom is 0.410 e. The van der Waals surface area contributed by atoms with Gasteiger partial charge in [-0.05, 0) is 44.6 Å². The second-order valence-corrected chi connectivity index (χ2v) is 8.45. The van der Waals surface area contributed by atoms with Crippen LogP contribution in [0.4, 0.5) is 19.0 Å². The number of benzene rings is 1. The lowest BCUT2D eigenvalue weighted by atomic mass is 9.84. The molecule has 30 heavy (non-hydrogen) atoms. The maximum atomic E-state index is 13.6. The predicted octanol–water partition coefficient (Wildman–Crippen LogP) is 4.52. The van der Waals surface area contributed by atoms with Gasteiger partial charge in [-0.1, -0.05) is 30.3 Å².